The fraction of sp³-hybridized carbons (Fsp3) is 0.533. The monoisotopic (exact) mass is 322 g/mol. The van der Waals surface area contributed by atoms with Crippen molar-refractivity contribution < 1.29 is 20.1 Å². The van der Waals surface area contributed by atoms with Gasteiger partial charge < -0.3 is 26.4 Å². The first-order valence-electron chi connectivity index (χ1n) is 7.66. The third-order valence-electron chi connectivity index (χ3n) is 4.51. The van der Waals surface area contributed by atoms with E-state index in [0.717, 1.165) is 16.7 Å². The van der Waals surface area contributed by atoms with Crippen LogP contribution in [-0.4, -0.2) is 44.7 Å². The maximum absolute atomic E-state index is 10.8. The van der Waals surface area contributed by atoms with E-state index in [1.807, 2.05) is 23.1 Å². The van der Waals surface area contributed by atoms with Gasteiger partial charge >= 0.3 is 6.03 Å². The van der Waals surface area contributed by atoms with Crippen LogP contribution in [0.3, 0.4) is 0 Å². The van der Waals surface area contributed by atoms with Crippen LogP contribution in [-0.2, 0) is 13.1 Å². The zero-order valence-electron chi connectivity index (χ0n) is 12.6. The first-order chi connectivity index (χ1) is 11.0. The summed E-state index contributed by atoms with van der Waals surface area (Å²) in [7, 11) is 0. The van der Waals surface area contributed by atoms with Crippen molar-refractivity contribution in [2.45, 2.75) is 50.7 Å². The number of aliphatic hydroxyl groups is 3. The molecule has 23 heavy (non-hydrogen) atoms. The molecule has 2 heterocycles. The van der Waals surface area contributed by atoms with Gasteiger partial charge in [0.2, 0.25) is 0 Å². The minimum absolute atomic E-state index is 0.270. The van der Waals surface area contributed by atoms with Gasteiger partial charge in [0.25, 0.3) is 0 Å². The molecule has 2 amide bonds. The van der Waals surface area contributed by atoms with Crippen LogP contribution in [0.15, 0.2) is 18.2 Å². The van der Waals surface area contributed by atoms with Crippen LogP contribution >= 0.6 is 0 Å². The van der Waals surface area contributed by atoms with Crippen molar-refractivity contribution in [3.05, 3.63) is 34.9 Å². The number of rotatable bonds is 3. The highest BCUT2D eigenvalue weighted by Gasteiger charge is 2.39. The van der Waals surface area contributed by atoms with Crippen LogP contribution in [0.25, 0.3) is 0 Å². The Hall–Kier alpha value is -1.71. The van der Waals surface area contributed by atoms with Gasteiger partial charge in [-0.15, -0.1) is 0 Å². The Morgan fingerprint density at radius 2 is 2.13 bits per heavy atom. The van der Waals surface area contributed by atoms with E-state index in [0.29, 0.717) is 25.9 Å². The lowest BCUT2D eigenvalue weighted by Gasteiger charge is -2.39. The number of fused-ring (bicyclic) bond motifs is 1. The van der Waals surface area contributed by atoms with Crippen molar-refractivity contribution in [3.63, 3.8) is 0 Å². The van der Waals surface area contributed by atoms with E-state index in [1.165, 1.54) is 0 Å². The van der Waals surface area contributed by atoms with Gasteiger partial charge in [0.15, 0.2) is 0 Å². The Balaban J connectivity index is 1.73. The lowest BCUT2D eigenvalue weighted by atomic mass is 10.0. The fourth-order valence-electron chi connectivity index (χ4n) is 3.33. The highest BCUT2D eigenvalue weighted by atomic mass is 16.3. The van der Waals surface area contributed by atoms with Crippen LogP contribution in [0.5, 0.6) is 0 Å². The third kappa shape index (κ3) is 3.31. The van der Waals surface area contributed by atoms with E-state index in [-0.39, 0.29) is 6.04 Å². The maximum atomic E-state index is 10.8. The molecule has 1 aromatic rings. The van der Waals surface area contributed by atoms with Crippen LogP contribution in [0.4, 0.5) is 4.79 Å². The summed E-state index contributed by atoms with van der Waals surface area (Å²) in [5.74, 6) is 0. The zero-order chi connectivity index (χ0) is 16.6. The molecule has 1 saturated heterocycles. The smallest absolute Gasteiger partial charge is 0.312 e. The van der Waals surface area contributed by atoms with Crippen molar-refractivity contribution in [3.8, 4) is 0 Å². The van der Waals surface area contributed by atoms with Crippen molar-refractivity contribution in [2.24, 2.45) is 5.73 Å². The van der Waals surface area contributed by atoms with Crippen molar-refractivity contribution in [2.75, 3.05) is 0 Å². The first kappa shape index (κ1) is 16.2. The zero-order valence-corrected chi connectivity index (χ0v) is 12.6. The molecule has 8 heteroatoms. The molecule has 0 saturated carbocycles. The molecular formula is C15H22N4O4. The lowest BCUT2D eigenvalue weighted by molar-refractivity contribution is -0.104. The number of hydrogen-bond donors (Lipinski definition) is 6. The molecule has 4 atom stereocenters. The van der Waals surface area contributed by atoms with E-state index in [9.17, 15) is 20.1 Å². The van der Waals surface area contributed by atoms with E-state index in [2.05, 4.69) is 10.6 Å². The number of nitrogens with one attached hydrogen (secondary N) is 2. The van der Waals surface area contributed by atoms with Crippen molar-refractivity contribution in [1.82, 2.24) is 15.5 Å². The molecular weight excluding hydrogens is 300 g/mol. The highest BCUT2D eigenvalue weighted by Crippen LogP contribution is 2.36. The summed E-state index contributed by atoms with van der Waals surface area (Å²) in [6.07, 6.45) is -1.28. The van der Waals surface area contributed by atoms with E-state index in [1.54, 1.807) is 0 Å². The molecule has 0 aromatic heterocycles. The Morgan fingerprint density at radius 1 is 1.35 bits per heavy atom. The molecule has 1 aromatic carbocycles. The number of urea groups is 1. The Kier molecular flexibility index (Phi) is 4.51. The Morgan fingerprint density at radius 3 is 2.83 bits per heavy atom. The number of carbonyl (C=O) groups is 1. The minimum atomic E-state index is -0.890. The highest BCUT2D eigenvalue weighted by molar-refractivity contribution is 5.71. The number of carbonyl (C=O) groups excluding carboxylic acids is 1. The van der Waals surface area contributed by atoms with Crippen LogP contribution in [0, 0.1) is 0 Å². The van der Waals surface area contributed by atoms with Gasteiger partial charge in [0.05, 0.1) is 6.04 Å². The summed E-state index contributed by atoms with van der Waals surface area (Å²) in [6.45, 7) is 0.832. The molecule has 2 aliphatic rings. The quantitative estimate of drug-likeness (QED) is 0.425. The molecule has 2 aliphatic heterocycles. The number of primary amides is 1. The second kappa shape index (κ2) is 6.42. The summed E-state index contributed by atoms with van der Waals surface area (Å²) in [5.41, 5.74) is 7.72. The third-order valence-corrected chi connectivity index (χ3v) is 4.51. The number of hydrogen-bond acceptors (Lipinski definition) is 6. The van der Waals surface area contributed by atoms with Gasteiger partial charge in [-0.25, -0.2) is 4.79 Å². The molecule has 3 rings (SSSR count). The van der Waals surface area contributed by atoms with Crippen molar-refractivity contribution >= 4 is 6.03 Å². The Labute approximate surface area is 133 Å². The molecule has 1 fully saturated rings. The van der Waals surface area contributed by atoms with Gasteiger partial charge in [0.1, 0.15) is 18.7 Å². The molecule has 0 aliphatic carbocycles. The van der Waals surface area contributed by atoms with E-state index >= 15 is 0 Å². The fourth-order valence-corrected chi connectivity index (χ4v) is 3.33. The SMILES string of the molecule is NC(=O)NCc1ccc2c(c1)CN(C1CCC(O)NC1O)C2O. The molecule has 0 bridgehead atoms. The normalized spacial score (nSPS) is 30.9. The summed E-state index contributed by atoms with van der Waals surface area (Å²) >= 11 is 0. The molecule has 4 unspecified atom stereocenters. The minimum Gasteiger partial charge on any atom is -0.379 e. The van der Waals surface area contributed by atoms with Gasteiger partial charge in [-0.2, -0.15) is 0 Å². The molecule has 7 N–H and O–H groups in total. The van der Waals surface area contributed by atoms with Crippen LogP contribution < -0.4 is 16.4 Å². The summed E-state index contributed by atoms with van der Waals surface area (Å²) in [4.78, 5) is 12.6. The predicted molar refractivity (Wildman–Crippen MR) is 81.5 cm³/mol. The topological polar surface area (TPSA) is 131 Å². The van der Waals surface area contributed by atoms with Gasteiger partial charge in [-0.3, -0.25) is 10.2 Å². The van der Waals surface area contributed by atoms with E-state index < -0.39 is 24.7 Å². The predicted octanol–water partition coefficient (Wildman–Crippen LogP) is -0.950. The summed E-state index contributed by atoms with van der Waals surface area (Å²) in [6, 6.07) is 4.73. The number of aliphatic hydroxyl groups excluding tert-OH is 3. The standard InChI is InChI=1S/C15H22N4O4/c16-15(23)17-6-8-1-2-10-9(5-8)7-19(14(10)22)11-3-4-12(20)18-13(11)21/h1-2,5,11-14,18,20-22H,3-4,6-7H2,(H3,16,17,23). The van der Waals surface area contributed by atoms with Crippen LogP contribution in [0.1, 0.15) is 35.8 Å². The number of piperidine rings is 1. The number of amides is 2. The summed E-state index contributed by atoms with van der Waals surface area (Å²) in [5, 5.41) is 35.4. The maximum Gasteiger partial charge on any atom is 0.312 e. The second-order valence-corrected chi connectivity index (χ2v) is 6.07. The van der Waals surface area contributed by atoms with Crippen molar-refractivity contribution in [1.29, 1.82) is 0 Å². The first-order valence-corrected chi connectivity index (χ1v) is 7.66. The lowest BCUT2D eigenvalue weighted by Crippen LogP contribution is -2.56. The molecule has 8 nitrogen and oxygen atoms in total. The number of benzene rings is 1. The van der Waals surface area contributed by atoms with E-state index in [4.69, 9.17) is 5.73 Å². The van der Waals surface area contributed by atoms with Crippen LogP contribution in [0.2, 0.25) is 0 Å². The largest absolute Gasteiger partial charge is 0.379 e. The number of nitrogens with two attached hydrogens (primary N) is 1. The molecule has 0 radical (unpaired) electrons. The molecule has 126 valence electrons. The second-order valence-electron chi connectivity index (χ2n) is 6.07. The summed E-state index contributed by atoms with van der Waals surface area (Å²) < 4.78 is 0. The Bertz CT molecular complexity index is 597. The average Bonchev–Trinajstić information content (AvgIpc) is 2.82. The molecule has 0 spiro atoms. The van der Waals surface area contributed by atoms with Gasteiger partial charge in [-0.1, -0.05) is 18.2 Å². The average molecular weight is 322 g/mol. The number of nitrogens with zero attached hydrogens (tertiary/aromatic N) is 1. The van der Waals surface area contributed by atoms with Gasteiger partial charge in [-0.05, 0) is 29.5 Å². The van der Waals surface area contributed by atoms with Gasteiger partial charge in [0, 0.05) is 13.1 Å².